The van der Waals surface area contributed by atoms with Crippen molar-refractivity contribution < 1.29 is 46.7 Å². The molecule has 47 heavy (non-hydrogen) atoms. The molecule has 0 fully saturated rings. The number of rotatable bonds is 18. The normalized spacial score (nSPS) is 14.0. The molecule has 0 radical (unpaired) electrons. The van der Waals surface area contributed by atoms with Gasteiger partial charge in [-0.15, -0.1) is 0 Å². The van der Waals surface area contributed by atoms with Gasteiger partial charge in [0.1, 0.15) is 0 Å². The minimum absolute atomic E-state index is 0.113. The minimum Gasteiger partial charge on any atom is -0.432 e. The first-order valence-corrected chi connectivity index (χ1v) is 16.2. The van der Waals surface area contributed by atoms with Crippen molar-refractivity contribution in [3.05, 3.63) is 144 Å². The lowest BCUT2D eigenvalue weighted by Gasteiger charge is -2.26. The van der Waals surface area contributed by atoms with Crippen LogP contribution in [0.1, 0.15) is 37.5 Å². The number of ether oxygens (including phenoxy) is 3. The zero-order valence-electron chi connectivity index (χ0n) is 26.7. The second-order valence-electron chi connectivity index (χ2n) is 10.5. The zero-order valence-corrected chi connectivity index (χ0v) is 27.6. The monoisotopic (exact) mass is 662 g/mol. The number of esters is 3. The largest absolute Gasteiger partial charge is 0.484 e. The molecule has 0 heterocycles. The molecule has 0 saturated heterocycles. The van der Waals surface area contributed by atoms with Crippen molar-refractivity contribution in [3.63, 3.8) is 0 Å². The molecule has 0 bridgehead atoms. The Morgan fingerprint density at radius 3 is 0.979 bits per heavy atom. The van der Waals surface area contributed by atoms with Gasteiger partial charge in [0.15, 0.2) is 0 Å². The lowest BCUT2D eigenvalue weighted by atomic mass is 10.1. The molecule has 10 nitrogen and oxygen atoms in total. The van der Waals surface area contributed by atoms with Gasteiger partial charge in [-0.3, -0.25) is 0 Å². The lowest BCUT2D eigenvalue weighted by Crippen LogP contribution is -2.26. The third-order valence-electron chi connectivity index (χ3n) is 6.30. The van der Waals surface area contributed by atoms with Gasteiger partial charge in [-0.25, -0.2) is 32.5 Å². The average molecular weight is 663 g/mol. The highest BCUT2D eigenvalue weighted by Gasteiger charge is 2.38. The van der Waals surface area contributed by atoms with E-state index in [-0.39, 0.29) is 36.0 Å². The zero-order chi connectivity index (χ0) is 34.4. The average Bonchev–Trinajstić information content (AvgIpc) is 3.01. The predicted octanol–water partition coefficient (Wildman–Crippen LogP) is 7.21. The smallest absolute Gasteiger partial charge is 0.432 e. The Morgan fingerprint density at radius 1 is 0.511 bits per heavy atom. The van der Waals surface area contributed by atoms with E-state index < -0.39 is 44.6 Å². The maximum Gasteiger partial charge on any atom is 0.484 e. The molecule has 3 atom stereocenters. The fraction of sp³-hybridized carbons (Fsp3) is 0.250. The molecule has 3 aromatic carbocycles. The van der Waals surface area contributed by atoms with Crippen LogP contribution in [0.25, 0.3) is 0 Å². The summed E-state index contributed by atoms with van der Waals surface area (Å²) in [7, 11) is -4.77. The van der Waals surface area contributed by atoms with Gasteiger partial charge in [-0.05, 0) is 37.5 Å². The molecule has 0 aromatic heterocycles. The number of hydrogen-bond donors (Lipinski definition) is 0. The number of hydrogen-bond acceptors (Lipinski definition) is 10. The molecular formula is C36H39O10P. The first kappa shape index (κ1) is 36.9. The Labute approximate surface area is 275 Å². The van der Waals surface area contributed by atoms with Gasteiger partial charge < -0.3 is 14.2 Å². The Kier molecular flexibility index (Phi) is 14.1. The Bertz CT molecular complexity index is 1400. The Morgan fingerprint density at radius 2 is 0.745 bits per heavy atom. The van der Waals surface area contributed by atoms with E-state index in [1.165, 1.54) is 20.8 Å². The van der Waals surface area contributed by atoms with Gasteiger partial charge in [0.25, 0.3) is 0 Å². The van der Waals surface area contributed by atoms with E-state index in [9.17, 15) is 18.9 Å². The molecule has 3 rings (SSSR count). The number of carbonyl (C=O) groups is 3. The van der Waals surface area contributed by atoms with E-state index in [0.717, 1.165) is 16.7 Å². The van der Waals surface area contributed by atoms with E-state index in [4.69, 9.17) is 27.8 Å². The summed E-state index contributed by atoms with van der Waals surface area (Å²) in [5.74, 6) is -2.45. The molecule has 0 N–H and O–H groups in total. The standard InChI is InChI=1S/C36H39O10P/c1-25(22-31-16-10-7-11-17-31)34(37)41-28(4)44-47(40,45-29(5)42-35(38)26(2)23-32-18-12-8-13-19-32)46-30(6)43-36(39)27(3)24-33-20-14-9-15-21-33/h7-21,28-30H,1-3,22-24H2,4-6H3. The molecule has 0 aliphatic carbocycles. The Hall–Kier alpha value is -4.60. The quantitative estimate of drug-likeness (QED) is 0.0454. The van der Waals surface area contributed by atoms with Crippen molar-refractivity contribution in [2.75, 3.05) is 0 Å². The molecule has 0 aliphatic rings. The molecule has 3 aromatic rings. The minimum atomic E-state index is -4.77. The molecule has 0 spiro atoms. The summed E-state index contributed by atoms with van der Waals surface area (Å²) in [6, 6.07) is 27.4. The number of carbonyl (C=O) groups excluding carboxylic acids is 3. The molecule has 3 unspecified atom stereocenters. The van der Waals surface area contributed by atoms with Gasteiger partial charge in [0.2, 0.25) is 18.9 Å². The number of phosphoric ester groups is 1. The molecule has 0 amide bonds. The topological polar surface area (TPSA) is 124 Å². The number of phosphoric acid groups is 1. The summed E-state index contributed by atoms with van der Waals surface area (Å²) in [6.07, 6.45) is -3.86. The van der Waals surface area contributed by atoms with Crippen LogP contribution in [0.15, 0.2) is 127 Å². The van der Waals surface area contributed by atoms with E-state index in [1.54, 1.807) is 0 Å². The van der Waals surface area contributed by atoms with E-state index in [2.05, 4.69) is 19.7 Å². The molecule has 11 heteroatoms. The summed E-state index contributed by atoms with van der Waals surface area (Å²) < 4.78 is 46.0. The molecular weight excluding hydrogens is 623 g/mol. The van der Waals surface area contributed by atoms with Crippen LogP contribution in [0.3, 0.4) is 0 Å². The summed E-state index contributed by atoms with van der Waals surface area (Å²) in [4.78, 5) is 38.1. The van der Waals surface area contributed by atoms with Crippen LogP contribution in [0.5, 0.6) is 0 Å². The van der Waals surface area contributed by atoms with Crippen molar-refractivity contribution in [2.24, 2.45) is 0 Å². The summed E-state index contributed by atoms with van der Waals surface area (Å²) in [5, 5.41) is 0. The summed E-state index contributed by atoms with van der Waals surface area (Å²) >= 11 is 0. The Balaban J connectivity index is 1.66. The number of benzene rings is 3. The molecule has 248 valence electrons. The van der Waals surface area contributed by atoms with Crippen molar-refractivity contribution in [2.45, 2.75) is 58.9 Å². The van der Waals surface area contributed by atoms with Crippen molar-refractivity contribution >= 4 is 25.7 Å². The van der Waals surface area contributed by atoms with Crippen molar-refractivity contribution in [3.8, 4) is 0 Å². The second-order valence-corrected chi connectivity index (χ2v) is 12.0. The van der Waals surface area contributed by atoms with Crippen molar-refractivity contribution in [1.82, 2.24) is 0 Å². The first-order valence-electron chi connectivity index (χ1n) is 14.8. The van der Waals surface area contributed by atoms with Crippen LogP contribution in [0, 0.1) is 0 Å². The van der Waals surface area contributed by atoms with Crippen molar-refractivity contribution in [1.29, 1.82) is 0 Å². The fourth-order valence-corrected chi connectivity index (χ4v) is 5.50. The van der Waals surface area contributed by atoms with Crippen LogP contribution >= 0.6 is 7.82 Å². The van der Waals surface area contributed by atoms with Gasteiger partial charge in [-0.1, -0.05) is 111 Å². The van der Waals surface area contributed by atoms with E-state index in [0.29, 0.717) is 0 Å². The van der Waals surface area contributed by atoms with Crippen LogP contribution < -0.4 is 0 Å². The highest BCUT2D eigenvalue weighted by atomic mass is 31.2. The van der Waals surface area contributed by atoms with Crippen LogP contribution in [-0.2, 0) is 66.0 Å². The predicted molar refractivity (Wildman–Crippen MR) is 175 cm³/mol. The van der Waals surface area contributed by atoms with Gasteiger partial charge >= 0.3 is 25.7 Å². The van der Waals surface area contributed by atoms with Crippen LogP contribution in [-0.4, -0.2) is 36.8 Å². The lowest BCUT2D eigenvalue weighted by molar-refractivity contribution is -0.174. The second kappa shape index (κ2) is 17.9. The van der Waals surface area contributed by atoms with Gasteiger partial charge in [0.05, 0.1) is 0 Å². The highest BCUT2D eigenvalue weighted by molar-refractivity contribution is 7.48. The third-order valence-corrected chi connectivity index (χ3v) is 7.96. The van der Waals surface area contributed by atoms with Gasteiger partial charge in [0, 0.05) is 36.0 Å². The summed E-state index contributed by atoms with van der Waals surface area (Å²) in [6.45, 7) is 15.1. The van der Waals surface area contributed by atoms with E-state index >= 15 is 0 Å². The van der Waals surface area contributed by atoms with Gasteiger partial charge in [-0.2, -0.15) is 0 Å². The molecule has 0 aliphatic heterocycles. The fourth-order valence-electron chi connectivity index (χ4n) is 4.13. The highest BCUT2D eigenvalue weighted by Crippen LogP contribution is 2.53. The van der Waals surface area contributed by atoms with E-state index in [1.807, 2.05) is 91.0 Å². The van der Waals surface area contributed by atoms with Crippen LogP contribution in [0.2, 0.25) is 0 Å². The molecule has 0 saturated carbocycles. The summed E-state index contributed by atoms with van der Waals surface area (Å²) in [5.41, 5.74) is 2.82. The maximum absolute atomic E-state index is 13.9. The van der Waals surface area contributed by atoms with Crippen LogP contribution in [0.4, 0.5) is 0 Å². The third kappa shape index (κ3) is 13.0. The maximum atomic E-state index is 13.9. The first-order chi connectivity index (χ1) is 22.3. The SMILES string of the molecule is C=C(Cc1ccccc1)C(=O)OC(C)OP(=O)(OC(C)OC(=O)C(=C)Cc1ccccc1)OC(C)OC(=O)C(=C)Cc1ccccc1.